The molecule has 1 heteroatoms. The molecule has 0 saturated heterocycles. The van der Waals surface area contributed by atoms with Crippen LogP contribution < -0.4 is 4.90 Å². The number of para-hydroxylation sites is 1. The van der Waals surface area contributed by atoms with Crippen LogP contribution in [0.5, 0.6) is 0 Å². The second-order valence-electron chi connectivity index (χ2n) is 18.6. The first-order chi connectivity index (χ1) is 27.7. The number of hydrogen-bond acceptors (Lipinski definition) is 1. The van der Waals surface area contributed by atoms with Crippen molar-refractivity contribution >= 4 is 17.1 Å². The normalized spacial score (nSPS) is 17.2. The predicted molar refractivity (Wildman–Crippen MR) is 240 cm³/mol. The summed E-state index contributed by atoms with van der Waals surface area (Å²) in [6.07, 6.45) is 7.21. The Morgan fingerprint density at radius 1 is 0.456 bits per heavy atom. The third kappa shape index (κ3) is 4.87. The molecule has 0 fully saturated rings. The first-order valence-corrected chi connectivity index (χ1v) is 21.3. The second kappa shape index (κ2) is 12.4. The van der Waals surface area contributed by atoms with Crippen molar-refractivity contribution in [2.45, 2.75) is 89.4 Å². The van der Waals surface area contributed by atoms with Crippen LogP contribution in [0.3, 0.4) is 0 Å². The van der Waals surface area contributed by atoms with Crippen molar-refractivity contribution in [3.63, 3.8) is 0 Å². The van der Waals surface area contributed by atoms with Crippen molar-refractivity contribution < 1.29 is 0 Å². The number of aryl methyl sites for hydroxylation is 3. The van der Waals surface area contributed by atoms with Gasteiger partial charge in [0, 0.05) is 11.3 Å². The molecule has 1 spiro atoms. The molecule has 0 aromatic heterocycles. The number of fused-ring (bicyclic) bond motifs is 12. The number of rotatable bonds is 4. The fraction of sp³-hybridized carbons (Fsp3) is 0.250. The van der Waals surface area contributed by atoms with E-state index in [-0.39, 0.29) is 10.8 Å². The number of hydrogen-bond donors (Lipinski definition) is 0. The van der Waals surface area contributed by atoms with E-state index in [2.05, 4.69) is 185 Å². The SMILES string of the molecule is Cc1ccc2c(c1N(c1ccccc1)c1cc3c(cc1-c1ccc4c(c1)CCCC4)-c1ccccc1C31c3ccccc3-c3ccccc31)C(C)(C)CCC2(C)C. The van der Waals surface area contributed by atoms with Crippen LogP contribution in [0.1, 0.15) is 103 Å². The molecule has 4 aliphatic rings. The van der Waals surface area contributed by atoms with E-state index in [1.54, 1.807) is 0 Å². The molecule has 0 N–H and O–H groups in total. The van der Waals surface area contributed by atoms with Crippen molar-refractivity contribution in [2.24, 2.45) is 0 Å². The molecule has 11 rings (SSSR count). The maximum Gasteiger partial charge on any atom is 0.0726 e. The van der Waals surface area contributed by atoms with Gasteiger partial charge in [-0.2, -0.15) is 0 Å². The summed E-state index contributed by atoms with van der Waals surface area (Å²) in [6, 6.07) is 56.4. The largest absolute Gasteiger partial charge is 0.309 e. The van der Waals surface area contributed by atoms with Gasteiger partial charge in [-0.25, -0.2) is 0 Å². The van der Waals surface area contributed by atoms with Crippen LogP contribution in [0.2, 0.25) is 0 Å². The lowest BCUT2D eigenvalue weighted by molar-refractivity contribution is 0.332. The van der Waals surface area contributed by atoms with Gasteiger partial charge in [0.05, 0.1) is 16.8 Å². The summed E-state index contributed by atoms with van der Waals surface area (Å²) in [7, 11) is 0. The zero-order chi connectivity index (χ0) is 38.7. The minimum atomic E-state index is -0.434. The molecule has 4 aliphatic carbocycles. The van der Waals surface area contributed by atoms with Gasteiger partial charge < -0.3 is 4.90 Å². The summed E-state index contributed by atoms with van der Waals surface area (Å²) in [5.41, 5.74) is 24.3. The number of nitrogens with zero attached hydrogens (tertiary/aromatic N) is 1. The maximum atomic E-state index is 2.68. The zero-order valence-corrected chi connectivity index (χ0v) is 34.0. The van der Waals surface area contributed by atoms with E-state index >= 15 is 0 Å². The van der Waals surface area contributed by atoms with Gasteiger partial charge in [-0.05, 0) is 158 Å². The number of benzene rings is 7. The fourth-order valence-electron chi connectivity index (χ4n) is 11.5. The van der Waals surface area contributed by atoms with Crippen molar-refractivity contribution in [1.82, 2.24) is 0 Å². The highest BCUT2D eigenvalue weighted by molar-refractivity contribution is 6.00. The van der Waals surface area contributed by atoms with Crippen LogP contribution in [0.4, 0.5) is 17.1 Å². The van der Waals surface area contributed by atoms with E-state index in [1.807, 2.05) is 0 Å². The summed E-state index contributed by atoms with van der Waals surface area (Å²) < 4.78 is 0. The third-order valence-corrected chi connectivity index (χ3v) is 14.4. The summed E-state index contributed by atoms with van der Waals surface area (Å²) in [6.45, 7) is 12.2. The Bertz CT molecular complexity index is 2720. The van der Waals surface area contributed by atoms with E-state index in [9.17, 15) is 0 Å². The van der Waals surface area contributed by atoms with Crippen LogP contribution in [-0.2, 0) is 29.1 Å². The molecular formula is C56H51N. The molecule has 7 aromatic rings. The Morgan fingerprint density at radius 3 is 1.70 bits per heavy atom. The zero-order valence-electron chi connectivity index (χ0n) is 34.0. The molecule has 0 saturated carbocycles. The van der Waals surface area contributed by atoms with Crippen molar-refractivity contribution in [2.75, 3.05) is 4.90 Å². The van der Waals surface area contributed by atoms with Gasteiger partial charge in [-0.3, -0.25) is 0 Å². The van der Waals surface area contributed by atoms with Crippen molar-refractivity contribution in [3.05, 3.63) is 196 Å². The lowest BCUT2D eigenvalue weighted by Crippen LogP contribution is -2.35. The highest BCUT2D eigenvalue weighted by Crippen LogP contribution is 2.64. The summed E-state index contributed by atoms with van der Waals surface area (Å²) in [4.78, 5) is 2.68. The maximum absolute atomic E-state index is 2.68. The lowest BCUT2D eigenvalue weighted by atomic mass is 9.62. The van der Waals surface area contributed by atoms with Crippen LogP contribution in [0.15, 0.2) is 146 Å². The third-order valence-electron chi connectivity index (χ3n) is 14.4. The van der Waals surface area contributed by atoms with E-state index in [4.69, 9.17) is 0 Å². The summed E-state index contributed by atoms with van der Waals surface area (Å²) in [5, 5.41) is 0. The molecular weight excluding hydrogens is 687 g/mol. The Kier molecular flexibility index (Phi) is 7.53. The van der Waals surface area contributed by atoms with E-state index in [0.29, 0.717) is 0 Å². The molecule has 0 bridgehead atoms. The Morgan fingerprint density at radius 2 is 1.04 bits per heavy atom. The molecule has 0 atom stereocenters. The second-order valence-corrected chi connectivity index (χ2v) is 18.6. The Labute approximate surface area is 339 Å². The smallest absolute Gasteiger partial charge is 0.0726 e. The highest BCUT2D eigenvalue weighted by atomic mass is 15.2. The average Bonchev–Trinajstić information content (AvgIpc) is 3.70. The first-order valence-electron chi connectivity index (χ1n) is 21.3. The quantitative estimate of drug-likeness (QED) is 0.174. The van der Waals surface area contributed by atoms with Gasteiger partial charge in [0.1, 0.15) is 0 Å². The molecule has 1 nitrogen and oxygen atoms in total. The topological polar surface area (TPSA) is 3.24 Å². The van der Waals surface area contributed by atoms with Crippen LogP contribution >= 0.6 is 0 Å². The van der Waals surface area contributed by atoms with E-state index in [1.165, 1.54) is 126 Å². The van der Waals surface area contributed by atoms with Crippen molar-refractivity contribution in [3.8, 4) is 33.4 Å². The lowest BCUT2D eigenvalue weighted by Gasteiger charge is -2.45. The first kappa shape index (κ1) is 34.6. The summed E-state index contributed by atoms with van der Waals surface area (Å²) in [5.74, 6) is 0. The fourth-order valence-corrected chi connectivity index (χ4v) is 11.5. The average molecular weight is 738 g/mol. The molecule has 0 aliphatic heterocycles. The van der Waals surface area contributed by atoms with Gasteiger partial charge in [0.15, 0.2) is 0 Å². The molecule has 0 unspecified atom stereocenters. The van der Waals surface area contributed by atoms with Crippen LogP contribution in [0, 0.1) is 6.92 Å². The number of anilines is 3. The van der Waals surface area contributed by atoms with Gasteiger partial charge in [-0.15, -0.1) is 0 Å². The minimum Gasteiger partial charge on any atom is -0.309 e. The summed E-state index contributed by atoms with van der Waals surface area (Å²) >= 11 is 0. The highest BCUT2D eigenvalue weighted by Gasteiger charge is 2.52. The standard InChI is InChI=1S/C56H51N/c1-36-27-30-49-52(55(4,5)32-31-54(49,2)3)53(36)57(40-19-7-6-8-20-40)51-35-50-45(34-44(51)39-29-28-37-17-9-10-18-38(37)33-39)43-23-13-16-26-48(43)56(50)46-24-14-11-21-41(46)42-22-12-15-25-47(42)56/h6-8,11-16,19-30,33-35H,9-10,17-18,31-32H2,1-5H3. The molecule has 0 heterocycles. The van der Waals surface area contributed by atoms with Gasteiger partial charge >= 0.3 is 0 Å². The minimum absolute atomic E-state index is 0.00272. The van der Waals surface area contributed by atoms with Gasteiger partial charge in [0.2, 0.25) is 0 Å². The van der Waals surface area contributed by atoms with Gasteiger partial charge in [0.25, 0.3) is 0 Å². The monoisotopic (exact) mass is 737 g/mol. The van der Waals surface area contributed by atoms with E-state index in [0.717, 1.165) is 12.8 Å². The molecule has 280 valence electrons. The van der Waals surface area contributed by atoms with E-state index < -0.39 is 5.41 Å². The Hall–Kier alpha value is -5.66. The van der Waals surface area contributed by atoms with Crippen molar-refractivity contribution in [1.29, 1.82) is 0 Å². The predicted octanol–water partition coefficient (Wildman–Crippen LogP) is 14.7. The molecule has 7 aromatic carbocycles. The van der Waals surface area contributed by atoms with Gasteiger partial charge in [-0.1, -0.05) is 149 Å². The van der Waals surface area contributed by atoms with Crippen LogP contribution in [0.25, 0.3) is 33.4 Å². The molecule has 0 amide bonds. The molecule has 0 radical (unpaired) electrons. The van der Waals surface area contributed by atoms with Crippen LogP contribution in [-0.4, -0.2) is 0 Å². The Balaban J connectivity index is 1.30. The molecule has 57 heavy (non-hydrogen) atoms.